The van der Waals surface area contributed by atoms with E-state index in [-0.39, 0.29) is 17.4 Å². The molecule has 0 aliphatic rings. The summed E-state index contributed by atoms with van der Waals surface area (Å²) in [6, 6.07) is 14.9. The van der Waals surface area contributed by atoms with Crippen molar-refractivity contribution in [3.05, 3.63) is 64.9 Å². The SMILES string of the molecule is CN(Cc1nc2ccccc2s1)C(=O)c1oc2ccccc2c1CS(C)(=O)=O. The Morgan fingerprint density at radius 1 is 1.14 bits per heavy atom. The van der Waals surface area contributed by atoms with Gasteiger partial charge in [0, 0.05) is 24.3 Å². The zero-order valence-electron chi connectivity index (χ0n) is 15.4. The molecule has 28 heavy (non-hydrogen) atoms. The number of hydrogen-bond acceptors (Lipinski definition) is 6. The molecule has 2 aromatic heterocycles. The molecule has 0 spiro atoms. The van der Waals surface area contributed by atoms with Crippen molar-refractivity contribution >= 4 is 48.3 Å². The summed E-state index contributed by atoms with van der Waals surface area (Å²) < 4.78 is 30.6. The van der Waals surface area contributed by atoms with Gasteiger partial charge in [-0.2, -0.15) is 0 Å². The van der Waals surface area contributed by atoms with Gasteiger partial charge in [-0.15, -0.1) is 11.3 Å². The van der Waals surface area contributed by atoms with Crippen LogP contribution >= 0.6 is 11.3 Å². The highest BCUT2D eigenvalue weighted by molar-refractivity contribution is 7.89. The number of benzene rings is 2. The van der Waals surface area contributed by atoms with Gasteiger partial charge in [-0.3, -0.25) is 4.79 Å². The number of para-hydroxylation sites is 2. The van der Waals surface area contributed by atoms with Crippen molar-refractivity contribution in [3.8, 4) is 0 Å². The molecule has 0 saturated heterocycles. The van der Waals surface area contributed by atoms with Gasteiger partial charge < -0.3 is 9.32 Å². The number of hydrogen-bond donors (Lipinski definition) is 0. The van der Waals surface area contributed by atoms with Crippen molar-refractivity contribution in [3.63, 3.8) is 0 Å². The fraction of sp³-hybridized carbons (Fsp3) is 0.200. The summed E-state index contributed by atoms with van der Waals surface area (Å²) in [5, 5.41) is 1.45. The summed E-state index contributed by atoms with van der Waals surface area (Å²) in [6.07, 6.45) is 1.15. The van der Waals surface area contributed by atoms with Crippen LogP contribution in [0.4, 0.5) is 0 Å². The van der Waals surface area contributed by atoms with Crippen LogP contribution in [-0.2, 0) is 22.1 Å². The van der Waals surface area contributed by atoms with Crippen molar-refractivity contribution in [1.29, 1.82) is 0 Å². The minimum Gasteiger partial charge on any atom is -0.451 e. The van der Waals surface area contributed by atoms with E-state index in [0.29, 0.717) is 23.1 Å². The largest absolute Gasteiger partial charge is 0.451 e. The number of fused-ring (bicyclic) bond motifs is 2. The van der Waals surface area contributed by atoms with E-state index in [1.165, 1.54) is 16.2 Å². The van der Waals surface area contributed by atoms with Crippen LogP contribution in [0.1, 0.15) is 21.1 Å². The Bertz CT molecular complexity index is 1260. The van der Waals surface area contributed by atoms with E-state index in [4.69, 9.17) is 4.42 Å². The summed E-state index contributed by atoms with van der Waals surface area (Å²) >= 11 is 1.53. The number of nitrogens with zero attached hydrogens (tertiary/aromatic N) is 2. The van der Waals surface area contributed by atoms with E-state index in [1.807, 2.05) is 24.3 Å². The van der Waals surface area contributed by atoms with Crippen molar-refractivity contribution in [2.45, 2.75) is 12.3 Å². The highest BCUT2D eigenvalue weighted by Crippen LogP contribution is 2.29. The lowest BCUT2D eigenvalue weighted by Crippen LogP contribution is -2.26. The summed E-state index contributed by atoms with van der Waals surface area (Å²) in [5.74, 6) is -0.551. The van der Waals surface area contributed by atoms with Crippen LogP contribution in [-0.4, -0.2) is 37.5 Å². The molecule has 0 fully saturated rings. The van der Waals surface area contributed by atoms with Gasteiger partial charge in [0.05, 0.1) is 22.5 Å². The minimum absolute atomic E-state index is 0.0650. The Hall–Kier alpha value is -2.71. The summed E-state index contributed by atoms with van der Waals surface area (Å²) in [4.78, 5) is 19.1. The molecule has 6 nitrogen and oxygen atoms in total. The second kappa shape index (κ2) is 7.03. The molecular formula is C20H18N2O4S2. The first-order valence-corrected chi connectivity index (χ1v) is 11.5. The number of amides is 1. The average molecular weight is 415 g/mol. The predicted octanol–water partition coefficient (Wildman–Crippen LogP) is 3.86. The molecule has 0 radical (unpaired) electrons. The van der Waals surface area contributed by atoms with Crippen LogP contribution in [0, 0.1) is 0 Å². The number of sulfone groups is 1. The van der Waals surface area contributed by atoms with Crippen LogP contribution in [0.5, 0.6) is 0 Å². The average Bonchev–Trinajstić information content (AvgIpc) is 3.21. The quantitative estimate of drug-likeness (QED) is 0.495. The van der Waals surface area contributed by atoms with Gasteiger partial charge in [-0.05, 0) is 18.2 Å². The van der Waals surface area contributed by atoms with Crippen molar-refractivity contribution in [1.82, 2.24) is 9.88 Å². The van der Waals surface area contributed by atoms with Crippen molar-refractivity contribution in [2.75, 3.05) is 13.3 Å². The van der Waals surface area contributed by atoms with Crippen LogP contribution in [0.25, 0.3) is 21.2 Å². The molecule has 8 heteroatoms. The molecule has 0 aliphatic heterocycles. The molecule has 0 N–H and O–H groups in total. The number of thiazole rings is 1. The highest BCUT2D eigenvalue weighted by atomic mass is 32.2. The molecule has 1 amide bonds. The maximum Gasteiger partial charge on any atom is 0.290 e. The minimum atomic E-state index is -3.34. The first kappa shape index (κ1) is 18.6. The van der Waals surface area contributed by atoms with E-state index in [1.54, 1.807) is 31.3 Å². The van der Waals surface area contributed by atoms with Crippen molar-refractivity contribution < 1.29 is 17.6 Å². The second-order valence-electron chi connectivity index (χ2n) is 6.71. The third-order valence-corrected chi connectivity index (χ3v) is 6.19. The molecule has 0 aliphatic carbocycles. The van der Waals surface area contributed by atoms with Gasteiger partial charge in [-0.25, -0.2) is 13.4 Å². The molecule has 4 aromatic rings. The summed E-state index contributed by atoms with van der Waals surface area (Å²) in [5.41, 5.74) is 1.79. The van der Waals surface area contributed by atoms with Gasteiger partial charge in [0.1, 0.15) is 10.6 Å². The maximum absolute atomic E-state index is 13.1. The molecular weight excluding hydrogens is 396 g/mol. The van der Waals surface area contributed by atoms with Crippen molar-refractivity contribution in [2.24, 2.45) is 0 Å². The van der Waals surface area contributed by atoms with Crippen LogP contribution in [0.15, 0.2) is 52.9 Å². The summed E-state index contributed by atoms with van der Waals surface area (Å²) in [7, 11) is -1.68. The third kappa shape index (κ3) is 3.65. The lowest BCUT2D eigenvalue weighted by Gasteiger charge is -2.14. The number of carbonyl (C=O) groups excluding carboxylic acids is 1. The van der Waals surface area contributed by atoms with Gasteiger partial charge >= 0.3 is 0 Å². The zero-order valence-corrected chi connectivity index (χ0v) is 17.0. The summed E-state index contributed by atoms with van der Waals surface area (Å²) in [6.45, 7) is 0.313. The Balaban J connectivity index is 1.68. The number of rotatable bonds is 5. The smallest absolute Gasteiger partial charge is 0.290 e. The Morgan fingerprint density at radius 3 is 2.61 bits per heavy atom. The van der Waals surface area contributed by atoms with E-state index in [9.17, 15) is 13.2 Å². The maximum atomic E-state index is 13.1. The molecule has 0 bridgehead atoms. The number of furan rings is 1. The monoisotopic (exact) mass is 414 g/mol. The Labute approximate surface area is 166 Å². The van der Waals surface area contributed by atoms with E-state index in [2.05, 4.69) is 4.98 Å². The molecule has 2 heterocycles. The molecule has 4 rings (SSSR count). The first-order valence-electron chi connectivity index (χ1n) is 8.60. The Kier molecular flexibility index (Phi) is 4.68. The zero-order chi connectivity index (χ0) is 19.9. The second-order valence-corrected chi connectivity index (χ2v) is 9.97. The fourth-order valence-corrected chi connectivity index (χ4v) is 4.94. The normalized spacial score (nSPS) is 11.9. The van der Waals surface area contributed by atoms with Gasteiger partial charge in [0.2, 0.25) is 0 Å². The molecule has 0 saturated carbocycles. The molecule has 0 atom stereocenters. The first-order chi connectivity index (χ1) is 13.3. The Morgan fingerprint density at radius 2 is 1.86 bits per heavy atom. The standard InChI is InChI=1S/C20H18N2O4S2/c1-22(11-18-21-15-8-4-6-10-17(15)27-18)20(23)19-14(12-28(2,24)25)13-7-3-5-9-16(13)26-19/h3-10H,11-12H2,1-2H3. The van der Waals surface area contributed by atoms with Gasteiger partial charge in [0.15, 0.2) is 15.6 Å². The molecule has 144 valence electrons. The van der Waals surface area contributed by atoms with Crippen LogP contribution in [0.3, 0.4) is 0 Å². The lowest BCUT2D eigenvalue weighted by atomic mass is 10.1. The molecule has 2 aromatic carbocycles. The topological polar surface area (TPSA) is 80.5 Å². The van der Waals surface area contributed by atoms with E-state index < -0.39 is 9.84 Å². The van der Waals surface area contributed by atoms with Gasteiger partial charge in [0.25, 0.3) is 5.91 Å². The molecule has 0 unspecified atom stereocenters. The van der Waals surface area contributed by atoms with E-state index in [0.717, 1.165) is 21.5 Å². The third-order valence-electron chi connectivity index (χ3n) is 4.36. The van der Waals surface area contributed by atoms with Gasteiger partial charge in [-0.1, -0.05) is 30.3 Å². The predicted molar refractivity (Wildman–Crippen MR) is 110 cm³/mol. The number of carbonyl (C=O) groups is 1. The van der Waals surface area contributed by atoms with E-state index >= 15 is 0 Å². The lowest BCUT2D eigenvalue weighted by molar-refractivity contribution is 0.0754. The van der Waals surface area contributed by atoms with Crippen LogP contribution < -0.4 is 0 Å². The fourth-order valence-electron chi connectivity index (χ4n) is 3.11. The number of aromatic nitrogens is 1. The van der Waals surface area contributed by atoms with Crippen LogP contribution in [0.2, 0.25) is 0 Å². The highest BCUT2D eigenvalue weighted by Gasteiger charge is 2.26.